The summed E-state index contributed by atoms with van der Waals surface area (Å²) in [6.07, 6.45) is 8.48. The largest absolute Gasteiger partial charge is 0.356 e. The van der Waals surface area contributed by atoms with Gasteiger partial charge in [-0.15, -0.1) is 0 Å². The van der Waals surface area contributed by atoms with E-state index in [4.69, 9.17) is 0 Å². The third kappa shape index (κ3) is 16.6. The van der Waals surface area contributed by atoms with Crippen LogP contribution in [0.2, 0.25) is 0 Å². The van der Waals surface area contributed by atoms with Gasteiger partial charge in [-0.3, -0.25) is 9.59 Å². The van der Waals surface area contributed by atoms with Crippen LogP contribution >= 0.6 is 0 Å². The molecule has 21 heavy (non-hydrogen) atoms. The Morgan fingerprint density at radius 2 is 1.48 bits per heavy atom. The van der Waals surface area contributed by atoms with Crippen LogP contribution in [0.5, 0.6) is 0 Å². The smallest absolute Gasteiger partial charge is 0.243 e. The molecule has 0 saturated carbocycles. The van der Waals surface area contributed by atoms with Gasteiger partial charge in [0.2, 0.25) is 11.8 Å². The molecule has 0 aliphatic rings. The van der Waals surface area contributed by atoms with Crippen LogP contribution in [0.3, 0.4) is 0 Å². The molecule has 0 radical (unpaired) electrons. The summed E-state index contributed by atoms with van der Waals surface area (Å²) in [5, 5.41) is 5.74. The maximum absolute atomic E-state index is 11.3. The van der Waals surface area contributed by atoms with Gasteiger partial charge in [-0.25, -0.2) is 0 Å². The zero-order chi connectivity index (χ0) is 16.5. The first-order valence-corrected chi connectivity index (χ1v) is 8.30. The number of hydrogen-bond donors (Lipinski definition) is 2. The molecule has 0 fully saturated rings. The van der Waals surface area contributed by atoms with Crippen LogP contribution in [0.4, 0.5) is 0 Å². The van der Waals surface area contributed by atoms with Crippen LogP contribution in [-0.4, -0.2) is 24.9 Å². The minimum Gasteiger partial charge on any atom is -0.356 e. The molecule has 0 spiro atoms. The van der Waals surface area contributed by atoms with E-state index >= 15 is 0 Å². The Morgan fingerprint density at radius 3 is 1.95 bits per heavy atom. The second-order valence-electron chi connectivity index (χ2n) is 4.96. The van der Waals surface area contributed by atoms with Gasteiger partial charge in [0, 0.05) is 19.0 Å². The van der Waals surface area contributed by atoms with Gasteiger partial charge in [-0.1, -0.05) is 53.5 Å². The van der Waals surface area contributed by atoms with Crippen molar-refractivity contribution in [2.24, 2.45) is 5.92 Å². The monoisotopic (exact) mass is 298 g/mol. The molecule has 0 unspecified atom stereocenters. The zero-order valence-corrected chi connectivity index (χ0v) is 14.5. The van der Waals surface area contributed by atoms with Gasteiger partial charge in [-0.05, 0) is 25.3 Å². The summed E-state index contributed by atoms with van der Waals surface area (Å²) in [6, 6.07) is 0. The lowest BCUT2D eigenvalue weighted by Gasteiger charge is -2.07. The van der Waals surface area contributed by atoms with E-state index in [0.29, 0.717) is 0 Å². The van der Waals surface area contributed by atoms with E-state index in [2.05, 4.69) is 10.6 Å². The maximum atomic E-state index is 11.3. The SMILES string of the molecule is CC.CC/C=C/C(=O)NCCCCCCNC(=O)C(C)C. The highest BCUT2D eigenvalue weighted by Crippen LogP contribution is 1.98. The molecule has 0 aromatic rings. The number of hydrogen-bond acceptors (Lipinski definition) is 2. The fourth-order valence-electron chi connectivity index (χ4n) is 1.51. The second-order valence-corrected chi connectivity index (χ2v) is 4.96. The summed E-state index contributed by atoms with van der Waals surface area (Å²) in [5.74, 6) is 0.174. The first-order valence-electron chi connectivity index (χ1n) is 8.30. The van der Waals surface area contributed by atoms with E-state index in [-0.39, 0.29) is 17.7 Å². The number of allylic oxidation sites excluding steroid dienone is 1. The third-order valence-electron chi connectivity index (χ3n) is 2.73. The van der Waals surface area contributed by atoms with Crippen molar-refractivity contribution < 1.29 is 9.59 Å². The van der Waals surface area contributed by atoms with E-state index in [9.17, 15) is 9.59 Å². The molecule has 4 heteroatoms. The number of unbranched alkanes of at least 4 members (excludes halogenated alkanes) is 3. The van der Waals surface area contributed by atoms with Gasteiger partial charge >= 0.3 is 0 Å². The fourth-order valence-corrected chi connectivity index (χ4v) is 1.51. The summed E-state index contributed by atoms with van der Waals surface area (Å²) in [6.45, 7) is 11.3. The van der Waals surface area contributed by atoms with Crippen molar-refractivity contribution in [3.05, 3.63) is 12.2 Å². The molecule has 0 aromatic heterocycles. The molecule has 0 bridgehead atoms. The van der Waals surface area contributed by atoms with Crippen LogP contribution in [-0.2, 0) is 9.59 Å². The average Bonchev–Trinajstić information content (AvgIpc) is 2.49. The predicted molar refractivity (Wildman–Crippen MR) is 90.1 cm³/mol. The molecule has 2 N–H and O–H groups in total. The number of carbonyl (C=O) groups excluding carboxylic acids is 2. The van der Waals surface area contributed by atoms with Gasteiger partial charge < -0.3 is 10.6 Å². The molecule has 4 nitrogen and oxygen atoms in total. The minimum atomic E-state index is -0.00829. The topological polar surface area (TPSA) is 58.2 Å². The Morgan fingerprint density at radius 1 is 0.952 bits per heavy atom. The van der Waals surface area contributed by atoms with Crippen molar-refractivity contribution in [1.82, 2.24) is 10.6 Å². The average molecular weight is 298 g/mol. The zero-order valence-electron chi connectivity index (χ0n) is 14.5. The molecule has 0 rings (SSSR count). The van der Waals surface area contributed by atoms with Gasteiger partial charge in [0.15, 0.2) is 0 Å². The lowest BCUT2D eigenvalue weighted by molar-refractivity contribution is -0.124. The molecule has 124 valence electrons. The second kappa shape index (κ2) is 16.7. The first-order chi connectivity index (χ1) is 10.1. The van der Waals surface area contributed by atoms with E-state index < -0.39 is 0 Å². The molecule has 0 aliphatic heterocycles. The van der Waals surface area contributed by atoms with Crippen molar-refractivity contribution in [3.63, 3.8) is 0 Å². The van der Waals surface area contributed by atoms with Crippen LogP contribution in [0, 0.1) is 5.92 Å². The third-order valence-corrected chi connectivity index (χ3v) is 2.73. The highest BCUT2D eigenvalue weighted by atomic mass is 16.2. The van der Waals surface area contributed by atoms with Crippen LogP contribution in [0.15, 0.2) is 12.2 Å². The Hall–Kier alpha value is -1.32. The predicted octanol–water partition coefficient (Wildman–Crippen LogP) is 3.43. The maximum Gasteiger partial charge on any atom is 0.243 e. The summed E-state index contributed by atoms with van der Waals surface area (Å²) in [5.41, 5.74) is 0. The lowest BCUT2D eigenvalue weighted by atomic mass is 10.1. The van der Waals surface area contributed by atoms with Crippen LogP contribution in [0.1, 0.15) is 66.7 Å². The highest BCUT2D eigenvalue weighted by molar-refractivity contribution is 5.87. The van der Waals surface area contributed by atoms with Gasteiger partial charge in [0.1, 0.15) is 0 Å². The Kier molecular flexibility index (Phi) is 17.5. The van der Waals surface area contributed by atoms with Crippen molar-refractivity contribution in [2.75, 3.05) is 13.1 Å². The first kappa shape index (κ1) is 22.0. The van der Waals surface area contributed by atoms with E-state index in [0.717, 1.165) is 45.2 Å². The molecular weight excluding hydrogens is 264 g/mol. The summed E-state index contributed by atoms with van der Waals surface area (Å²) >= 11 is 0. The molecule has 0 heterocycles. The Balaban J connectivity index is 0. The number of amides is 2. The highest BCUT2D eigenvalue weighted by Gasteiger charge is 2.04. The standard InChI is InChI=1S/C15H28N2O2.C2H6/c1-4-5-10-14(18)16-11-8-6-7-9-12-17-15(19)13(2)3;1-2/h5,10,13H,4,6-9,11-12H2,1-3H3,(H,16,18)(H,17,19);1-2H3/b10-5+;. The molecule has 0 saturated heterocycles. The van der Waals surface area contributed by atoms with Gasteiger partial charge in [0.05, 0.1) is 0 Å². The van der Waals surface area contributed by atoms with Crippen molar-refractivity contribution >= 4 is 11.8 Å². The van der Waals surface area contributed by atoms with Crippen molar-refractivity contribution in [1.29, 1.82) is 0 Å². The normalized spacial score (nSPS) is 10.2. The molecular formula is C17H34N2O2. The van der Waals surface area contributed by atoms with Crippen LogP contribution in [0.25, 0.3) is 0 Å². The minimum absolute atomic E-state index is 0.00829. The van der Waals surface area contributed by atoms with Gasteiger partial charge in [0.25, 0.3) is 0 Å². The van der Waals surface area contributed by atoms with Crippen molar-refractivity contribution in [3.8, 4) is 0 Å². The molecule has 2 amide bonds. The Labute approximate surface area is 130 Å². The molecule has 0 aliphatic carbocycles. The fraction of sp³-hybridized carbons (Fsp3) is 0.765. The number of carbonyl (C=O) groups is 2. The van der Waals surface area contributed by atoms with Crippen molar-refractivity contribution in [2.45, 2.75) is 66.7 Å². The quantitative estimate of drug-likeness (QED) is 0.479. The number of rotatable bonds is 10. The van der Waals surface area contributed by atoms with Gasteiger partial charge in [-0.2, -0.15) is 0 Å². The molecule has 0 atom stereocenters. The number of nitrogens with one attached hydrogen (secondary N) is 2. The molecule has 0 aromatic carbocycles. The summed E-state index contributed by atoms with van der Waals surface area (Å²) in [4.78, 5) is 22.5. The lowest BCUT2D eigenvalue weighted by Crippen LogP contribution is -2.28. The van der Waals surface area contributed by atoms with E-state index in [1.165, 1.54) is 0 Å². The Bertz CT molecular complexity index is 287. The summed E-state index contributed by atoms with van der Waals surface area (Å²) < 4.78 is 0. The van der Waals surface area contributed by atoms with E-state index in [1.807, 2.05) is 40.7 Å². The van der Waals surface area contributed by atoms with E-state index in [1.54, 1.807) is 6.08 Å². The summed E-state index contributed by atoms with van der Waals surface area (Å²) in [7, 11) is 0. The van der Waals surface area contributed by atoms with Crippen LogP contribution < -0.4 is 10.6 Å².